The quantitative estimate of drug-likeness (QED) is 0.377. The Balaban J connectivity index is 1.16. The Morgan fingerprint density at radius 2 is 1.72 bits per heavy atom. The predicted octanol–water partition coefficient (Wildman–Crippen LogP) is 4.39. The number of amides is 2. The van der Waals surface area contributed by atoms with E-state index in [2.05, 4.69) is 28.9 Å². The number of benzene rings is 3. The molecule has 2 amide bonds. The molecule has 0 radical (unpaired) electrons. The fourth-order valence-electron chi connectivity index (χ4n) is 4.98. The van der Waals surface area contributed by atoms with Crippen LogP contribution in [0.1, 0.15) is 18.9 Å². The second kappa shape index (κ2) is 10.2. The summed E-state index contributed by atoms with van der Waals surface area (Å²) in [5, 5.41) is 5.01. The van der Waals surface area contributed by atoms with Gasteiger partial charge in [-0.15, -0.1) is 0 Å². The van der Waals surface area contributed by atoms with Gasteiger partial charge in [-0.25, -0.2) is 0 Å². The summed E-state index contributed by atoms with van der Waals surface area (Å²) >= 11 is 0. The predicted molar refractivity (Wildman–Crippen MR) is 140 cm³/mol. The highest BCUT2D eigenvalue weighted by atomic mass is 16.5. The second-order valence-electron chi connectivity index (χ2n) is 9.13. The second-order valence-corrected chi connectivity index (χ2v) is 9.13. The van der Waals surface area contributed by atoms with E-state index in [1.54, 1.807) is 4.90 Å². The summed E-state index contributed by atoms with van der Waals surface area (Å²) in [6.07, 6.45) is 0.853. The minimum absolute atomic E-state index is 0.0584. The van der Waals surface area contributed by atoms with Crippen LogP contribution in [-0.2, 0) is 32.1 Å². The van der Waals surface area contributed by atoms with Crippen molar-refractivity contribution in [2.45, 2.75) is 26.3 Å². The average molecular weight is 484 g/mol. The van der Waals surface area contributed by atoms with Crippen LogP contribution < -0.4 is 5.32 Å². The summed E-state index contributed by atoms with van der Waals surface area (Å²) in [6, 6.07) is 23.9. The summed E-state index contributed by atoms with van der Waals surface area (Å²) in [7, 11) is 0. The zero-order valence-electron chi connectivity index (χ0n) is 20.3. The van der Waals surface area contributed by atoms with Crippen molar-refractivity contribution in [1.82, 2.24) is 9.47 Å². The van der Waals surface area contributed by atoms with Crippen molar-refractivity contribution in [3.63, 3.8) is 0 Å². The summed E-state index contributed by atoms with van der Waals surface area (Å²) in [5.41, 5.74) is 4.04. The Bertz CT molecular complexity index is 1430. The van der Waals surface area contributed by atoms with E-state index in [9.17, 15) is 14.4 Å². The molecular formula is C29H29N3O4. The van der Waals surface area contributed by atoms with Gasteiger partial charge in [0.05, 0.1) is 5.92 Å². The van der Waals surface area contributed by atoms with Gasteiger partial charge in [0, 0.05) is 53.5 Å². The van der Waals surface area contributed by atoms with Gasteiger partial charge in [-0.1, -0.05) is 48.5 Å². The molecule has 0 unspecified atom stereocenters. The number of esters is 1. The molecule has 1 aliphatic rings. The molecule has 1 N–H and O–H groups in total. The van der Waals surface area contributed by atoms with E-state index in [4.69, 9.17) is 4.74 Å². The Morgan fingerprint density at radius 3 is 2.53 bits per heavy atom. The summed E-state index contributed by atoms with van der Waals surface area (Å²) in [4.78, 5) is 39.1. The first-order valence-electron chi connectivity index (χ1n) is 12.3. The van der Waals surface area contributed by atoms with Crippen LogP contribution in [0, 0.1) is 5.92 Å². The third kappa shape index (κ3) is 4.82. The first-order valence-corrected chi connectivity index (χ1v) is 12.3. The fraction of sp³-hybridized carbons (Fsp3) is 0.276. The number of fused-ring (bicyclic) bond motifs is 3. The number of para-hydroxylation sites is 1. The van der Waals surface area contributed by atoms with Crippen LogP contribution in [0.3, 0.4) is 0 Å². The highest BCUT2D eigenvalue weighted by Crippen LogP contribution is 2.31. The largest absolute Gasteiger partial charge is 0.455 e. The summed E-state index contributed by atoms with van der Waals surface area (Å²) in [6.45, 7) is 3.45. The van der Waals surface area contributed by atoms with E-state index < -0.39 is 17.8 Å². The topological polar surface area (TPSA) is 80.6 Å². The standard InChI is InChI=1S/C29H29N3O4/c1-2-32-25-11-7-6-10-23(25)24-17-22(12-13-26(24)32)30-27(33)19-36-29(35)21-16-28(34)31(18-21)15-14-20-8-4-3-5-9-20/h3-13,17,21H,2,14-16,18-19H2,1H3,(H,30,33)/t21-/m0/s1. The van der Waals surface area contributed by atoms with Crippen LogP contribution in [0.25, 0.3) is 21.8 Å². The van der Waals surface area contributed by atoms with Gasteiger partial charge in [-0.2, -0.15) is 0 Å². The lowest BCUT2D eigenvalue weighted by Crippen LogP contribution is -2.29. The number of carbonyl (C=O) groups excluding carboxylic acids is 3. The van der Waals surface area contributed by atoms with Gasteiger partial charge in [-0.05, 0) is 43.2 Å². The molecule has 36 heavy (non-hydrogen) atoms. The van der Waals surface area contributed by atoms with E-state index in [1.165, 1.54) is 0 Å². The minimum Gasteiger partial charge on any atom is -0.455 e. The molecule has 0 bridgehead atoms. The van der Waals surface area contributed by atoms with Gasteiger partial charge in [-0.3, -0.25) is 14.4 Å². The molecule has 1 aliphatic heterocycles. The third-order valence-electron chi connectivity index (χ3n) is 6.78. The highest BCUT2D eigenvalue weighted by Gasteiger charge is 2.35. The van der Waals surface area contributed by atoms with Crippen LogP contribution in [-0.4, -0.2) is 46.9 Å². The lowest BCUT2D eigenvalue weighted by Gasteiger charge is -2.16. The maximum Gasteiger partial charge on any atom is 0.311 e. The van der Waals surface area contributed by atoms with Crippen LogP contribution in [0.5, 0.6) is 0 Å². The van der Waals surface area contributed by atoms with Gasteiger partial charge >= 0.3 is 5.97 Å². The number of hydrogen-bond donors (Lipinski definition) is 1. The van der Waals surface area contributed by atoms with E-state index >= 15 is 0 Å². The Morgan fingerprint density at radius 1 is 0.972 bits per heavy atom. The number of anilines is 1. The number of nitrogens with one attached hydrogen (secondary N) is 1. The minimum atomic E-state index is -0.544. The monoisotopic (exact) mass is 483 g/mol. The highest BCUT2D eigenvalue weighted by molar-refractivity contribution is 6.09. The lowest BCUT2D eigenvalue weighted by molar-refractivity contribution is -0.151. The molecule has 1 atom stereocenters. The fourth-order valence-corrected chi connectivity index (χ4v) is 4.98. The number of hydrogen-bond acceptors (Lipinski definition) is 4. The van der Waals surface area contributed by atoms with Crippen LogP contribution in [0.4, 0.5) is 5.69 Å². The van der Waals surface area contributed by atoms with Gasteiger partial charge in [0.2, 0.25) is 5.91 Å². The first-order chi connectivity index (χ1) is 17.5. The molecule has 1 fully saturated rings. The number of likely N-dealkylation sites (tertiary alicyclic amines) is 1. The average Bonchev–Trinajstić information content (AvgIpc) is 3.43. The molecule has 7 nitrogen and oxygen atoms in total. The van der Waals surface area contributed by atoms with E-state index in [0.717, 1.165) is 40.3 Å². The van der Waals surface area contributed by atoms with Crippen LogP contribution >= 0.6 is 0 Å². The van der Waals surface area contributed by atoms with E-state index in [0.29, 0.717) is 18.8 Å². The molecule has 1 aromatic heterocycles. The van der Waals surface area contributed by atoms with Crippen molar-refractivity contribution in [2.24, 2.45) is 5.92 Å². The third-order valence-corrected chi connectivity index (χ3v) is 6.78. The van der Waals surface area contributed by atoms with Crippen LogP contribution in [0.2, 0.25) is 0 Å². The number of ether oxygens (including phenoxy) is 1. The van der Waals surface area contributed by atoms with Gasteiger partial charge in [0.1, 0.15) is 0 Å². The molecule has 184 valence electrons. The molecule has 0 spiro atoms. The van der Waals surface area contributed by atoms with Gasteiger partial charge in [0.25, 0.3) is 5.91 Å². The maximum atomic E-state index is 12.5. The van der Waals surface area contributed by atoms with Gasteiger partial charge in [0.15, 0.2) is 6.61 Å². The Hall–Kier alpha value is -4.13. The number of nitrogens with zero attached hydrogens (tertiary/aromatic N) is 2. The number of rotatable bonds is 8. The van der Waals surface area contributed by atoms with Crippen molar-refractivity contribution in [2.75, 3.05) is 25.0 Å². The van der Waals surface area contributed by atoms with Crippen molar-refractivity contribution < 1.29 is 19.1 Å². The molecule has 2 heterocycles. The normalized spacial score (nSPS) is 15.5. The SMILES string of the molecule is CCn1c2ccccc2c2cc(NC(=O)COC(=O)[C@H]3CC(=O)N(CCc4ccccc4)C3)ccc21. The number of aromatic nitrogens is 1. The van der Waals surface area contributed by atoms with E-state index in [1.807, 2.05) is 60.7 Å². The zero-order chi connectivity index (χ0) is 25.1. The van der Waals surface area contributed by atoms with Crippen molar-refractivity contribution in [3.8, 4) is 0 Å². The first kappa shape index (κ1) is 23.6. The number of carbonyl (C=O) groups is 3. The Labute approximate surface area is 209 Å². The molecular weight excluding hydrogens is 454 g/mol. The lowest BCUT2D eigenvalue weighted by atomic mass is 10.1. The molecule has 4 aromatic rings. The molecule has 3 aromatic carbocycles. The Kier molecular flexibility index (Phi) is 6.71. The number of aryl methyl sites for hydroxylation is 1. The molecule has 1 saturated heterocycles. The molecule has 0 aliphatic carbocycles. The van der Waals surface area contributed by atoms with Crippen molar-refractivity contribution >= 4 is 45.3 Å². The molecule has 0 saturated carbocycles. The zero-order valence-corrected chi connectivity index (χ0v) is 20.3. The van der Waals surface area contributed by atoms with Crippen LogP contribution in [0.15, 0.2) is 72.8 Å². The molecule has 5 rings (SSSR count). The maximum absolute atomic E-state index is 12.5. The smallest absolute Gasteiger partial charge is 0.311 e. The van der Waals surface area contributed by atoms with Crippen molar-refractivity contribution in [3.05, 3.63) is 78.4 Å². The van der Waals surface area contributed by atoms with E-state index in [-0.39, 0.29) is 18.9 Å². The van der Waals surface area contributed by atoms with Crippen molar-refractivity contribution in [1.29, 1.82) is 0 Å². The summed E-state index contributed by atoms with van der Waals surface area (Å²) < 4.78 is 7.50. The summed E-state index contributed by atoms with van der Waals surface area (Å²) in [5.74, 6) is -1.52. The van der Waals surface area contributed by atoms with Gasteiger partial charge < -0.3 is 19.5 Å². The molecule has 7 heteroatoms.